The number of urea groups is 1. The number of carbonyl (C=O) groups is 3. The van der Waals surface area contributed by atoms with Crippen LogP contribution in [0.15, 0.2) is 53.6 Å². The molecule has 2 aliphatic heterocycles. The van der Waals surface area contributed by atoms with Crippen molar-refractivity contribution in [1.29, 1.82) is 0 Å². The second-order valence-corrected chi connectivity index (χ2v) is 7.10. The number of amides is 4. The van der Waals surface area contributed by atoms with Gasteiger partial charge in [-0.15, -0.1) is 0 Å². The molecule has 0 N–H and O–H groups in total. The maximum atomic E-state index is 13.9. The van der Waals surface area contributed by atoms with Crippen LogP contribution in [0.5, 0.6) is 0 Å². The third-order valence-electron chi connectivity index (χ3n) is 5.36. The highest BCUT2D eigenvalue weighted by atomic mass is 19.1. The zero-order chi connectivity index (χ0) is 20.4. The van der Waals surface area contributed by atoms with E-state index in [9.17, 15) is 18.8 Å². The fourth-order valence-corrected chi connectivity index (χ4v) is 3.76. The first-order valence-corrected chi connectivity index (χ1v) is 9.60. The van der Waals surface area contributed by atoms with Gasteiger partial charge in [-0.25, -0.2) is 9.18 Å². The number of benzene rings is 1. The Hall–Kier alpha value is -3.29. The largest absolute Gasteiger partial charge is 0.366 e. The van der Waals surface area contributed by atoms with Gasteiger partial charge in [-0.2, -0.15) is 4.99 Å². The maximum absolute atomic E-state index is 13.9. The van der Waals surface area contributed by atoms with Gasteiger partial charge in [0.15, 0.2) is 0 Å². The van der Waals surface area contributed by atoms with Crippen LogP contribution in [-0.4, -0.2) is 66.1 Å². The summed E-state index contributed by atoms with van der Waals surface area (Å²) in [4.78, 5) is 45.9. The molecular formula is C21H21FN4O3. The lowest BCUT2D eigenvalue weighted by molar-refractivity contribution is -0.133. The summed E-state index contributed by atoms with van der Waals surface area (Å²) in [6.45, 7) is 2.00. The molecule has 4 amide bonds. The molecule has 0 aromatic heterocycles. The van der Waals surface area contributed by atoms with E-state index >= 15 is 0 Å². The number of halogens is 1. The Labute approximate surface area is 167 Å². The van der Waals surface area contributed by atoms with Gasteiger partial charge in [-0.05, 0) is 18.2 Å². The molecule has 1 aromatic rings. The number of carbonyl (C=O) groups excluding carboxylic acids is 3. The summed E-state index contributed by atoms with van der Waals surface area (Å²) >= 11 is 0. The van der Waals surface area contributed by atoms with E-state index in [2.05, 4.69) is 4.99 Å². The van der Waals surface area contributed by atoms with Gasteiger partial charge in [0.05, 0.1) is 17.3 Å². The molecule has 0 bridgehead atoms. The van der Waals surface area contributed by atoms with Gasteiger partial charge in [0.2, 0.25) is 11.8 Å². The van der Waals surface area contributed by atoms with Crippen molar-refractivity contribution in [2.24, 2.45) is 10.9 Å². The molecule has 2 heterocycles. The van der Waals surface area contributed by atoms with Crippen molar-refractivity contribution in [3.8, 4) is 0 Å². The standard InChI is InChI=1S/C21H21FN4O3/c22-16-6-2-4-8-18(16)24-11-13-25(14-12-24)19(27)9-10-26-20(28)15-5-1-3-7-17(15)23-21(26)29/h1-8,15H,9-14H2. The molecule has 3 aliphatic rings. The minimum atomic E-state index is -0.627. The van der Waals surface area contributed by atoms with Crippen molar-refractivity contribution in [1.82, 2.24) is 9.80 Å². The lowest BCUT2D eigenvalue weighted by Crippen LogP contribution is -2.51. The van der Waals surface area contributed by atoms with Gasteiger partial charge in [0.25, 0.3) is 0 Å². The molecule has 1 aromatic carbocycles. The Balaban J connectivity index is 1.32. The molecule has 0 radical (unpaired) electrons. The van der Waals surface area contributed by atoms with Crippen molar-refractivity contribution >= 4 is 29.2 Å². The predicted octanol–water partition coefficient (Wildman–Crippen LogP) is 2.01. The number of anilines is 1. The van der Waals surface area contributed by atoms with Crippen LogP contribution in [0.2, 0.25) is 0 Å². The Bertz CT molecular complexity index is 932. The molecular weight excluding hydrogens is 375 g/mol. The lowest BCUT2D eigenvalue weighted by atomic mass is 9.95. The van der Waals surface area contributed by atoms with Crippen molar-refractivity contribution in [2.45, 2.75) is 6.42 Å². The molecule has 0 saturated carbocycles. The molecule has 1 atom stereocenters. The Morgan fingerprint density at radius 2 is 1.86 bits per heavy atom. The van der Waals surface area contributed by atoms with E-state index in [1.807, 2.05) is 4.90 Å². The summed E-state index contributed by atoms with van der Waals surface area (Å²) in [7, 11) is 0. The number of rotatable bonds is 4. The highest BCUT2D eigenvalue weighted by molar-refractivity contribution is 6.21. The number of hydrogen-bond donors (Lipinski definition) is 0. The van der Waals surface area contributed by atoms with Crippen LogP contribution >= 0.6 is 0 Å². The topological polar surface area (TPSA) is 73.3 Å². The number of imide groups is 1. The van der Waals surface area contributed by atoms with Gasteiger partial charge in [-0.3, -0.25) is 14.5 Å². The number of piperazine rings is 1. The van der Waals surface area contributed by atoms with Gasteiger partial charge < -0.3 is 9.80 Å². The number of allylic oxidation sites excluding steroid dienone is 3. The summed E-state index contributed by atoms with van der Waals surface area (Å²) in [5, 5.41) is 0. The number of aliphatic imine (C=N–C) groups is 1. The number of hydrogen-bond acceptors (Lipinski definition) is 4. The zero-order valence-electron chi connectivity index (χ0n) is 15.8. The van der Waals surface area contributed by atoms with Crippen LogP contribution in [0.3, 0.4) is 0 Å². The number of para-hydroxylation sites is 1. The average molecular weight is 396 g/mol. The number of nitrogens with zero attached hydrogens (tertiary/aromatic N) is 4. The highest BCUT2D eigenvalue weighted by Crippen LogP contribution is 2.22. The average Bonchev–Trinajstić information content (AvgIpc) is 2.74. The Morgan fingerprint density at radius 3 is 2.62 bits per heavy atom. The van der Waals surface area contributed by atoms with E-state index in [1.54, 1.807) is 47.4 Å². The summed E-state index contributed by atoms with van der Waals surface area (Å²) in [5.74, 6) is -1.32. The second-order valence-electron chi connectivity index (χ2n) is 7.10. The fourth-order valence-electron chi connectivity index (χ4n) is 3.76. The van der Waals surface area contributed by atoms with Gasteiger partial charge in [-0.1, -0.05) is 30.4 Å². The van der Waals surface area contributed by atoms with Crippen molar-refractivity contribution in [3.63, 3.8) is 0 Å². The molecule has 150 valence electrons. The lowest BCUT2D eigenvalue weighted by Gasteiger charge is -2.36. The van der Waals surface area contributed by atoms with Crippen LogP contribution < -0.4 is 4.90 Å². The van der Waals surface area contributed by atoms with E-state index in [1.165, 1.54) is 6.07 Å². The summed E-state index contributed by atoms with van der Waals surface area (Å²) < 4.78 is 13.9. The maximum Gasteiger partial charge on any atom is 0.350 e. The molecule has 8 heteroatoms. The monoisotopic (exact) mass is 396 g/mol. The van der Waals surface area contributed by atoms with Crippen LogP contribution in [0, 0.1) is 11.7 Å². The van der Waals surface area contributed by atoms with Crippen molar-refractivity contribution < 1.29 is 18.8 Å². The minimum Gasteiger partial charge on any atom is -0.366 e. The second kappa shape index (κ2) is 7.98. The predicted molar refractivity (Wildman–Crippen MR) is 106 cm³/mol. The van der Waals surface area contributed by atoms with Gasteiger partial charge >= 0.3 is 6.03 Å². The number of fused-ring (bicyclic) bond motifs is 1. The fraction of sp³-hybridized carbons (Fsp3) is 0.333. The van der Waals surface area contributed by atoms with Crippen molar-refractivity contribution in [2.75, 3.05) is 37.6 Å². The molecule has 7 nitrogen and oxygen atoms in total. The molecule has 1 aliphatic carbocycles. The Kier molecular flexibility index (Phi) is 5.24. The van der Waals surface area contributed by atoms with Crippen LogP contribution in [-0.2, 0) is 9.59 Å². The minimum absolute atomic E-state index is 0.00879. The smallest absolute Gasteiger partial charge is 0.350 e. The third kappa shape index (κ3) is 3.83. The zero-order valence-corrected chi connectivity index (χ0v) is 15.8. The molecule has 0 spiro atoms. The molecule has 1 saturated heterocycles. The molecule has 1 fully saturated rings. The first-order valence-electron chi connectivity index (χ1n) is 9.60. The Morgan fingerprint density at radius 1 is 1.10 bits per heavy atom. The van der Waals surface area contributed by atoms with E-state index in [4.69, 9.17) is 0 Å². The van der Waals surface area contributed by atoms with Crippen LogP contribution in [0.25, 0.3) is 0 Å². The molecule has 29 heavy (non-hydrogen) atoms. The van der Waals surface area contributed by atoms with E-state index in [0.29, 0.717) is 37.6 Å². The van der Waals surface area contributed by atoms with E-state index < -0.39 is 11.9 Å². The summed E-state index contributed by atoms with van der Waals surface area (Å²) in [6, 6.07) is 5.95. The van der Waals surface area contributed by atoms with Crippen LogP contribution in [0.1, 0.15) is 6.42 Å². The molecule has 1 unspecified atom stereocenters. The van der Waals surface area contributed by atoms with Gasteiger partial charge in [0.1, 0.15) is 5.82 Å². The normalized spacial score (nSPS) is 21.3. The van der Waals surface area contributed by atoms with Gasteiger partial charge in [0, 0.05) is 39.1 Å². The molecule has 4 rings (SSSR count). The first kappa shape index (κ1) is 19.0. The van der Waals surface area contributed by atoms with E-state index in [-0.39, 0.29) is 30.6 Å². The quantitative estimate of drug-likeness (QED) is 0.781. The van der Waals surface area contributed by atoms with Crippen molar-refractivity contribution in [3.05, 3.63) is 54.4 Å². The van der Waals surface area contributed by atoms with E-state index in [0.717, 1.165) is 4.90 Å². The SMILES string of the molecule is O=C(CCN1C(=O)N=C2C=CC=CC2C1=O)N1CCN(c2ccccc2F)CC1. The van der Waals surface area contributed by atoms with Crippen LogP contribution in [0.4, 0.5) is 14.9 Å². The first-order chi connectivity index (χ1) is 14.0. The summed E-state index contributed by atoms with van der Waals surface area (Å²) in [6.07, 6.45) is 6.88. The third-order valence-corrected chi connectivity index (χ3v) is 5.36. The highest BCUT2D eigenvalue weighted by Gasteiger charge is 2.36. The summed E-state index contributed by atoms with van der Waals surface area (Å²) in [5.41, 5.74) is 0.974.